The number of aromatic nitrogens is 3. The Labute approximate surface area is 169 Å². The molecule has 0 radical (unpaired) electrons. The van der Waals surface area contributed by atoms with Crippen LogP contribution in [0.5, 0.6) is 0 Å². The molecule has 0 bridgehead atoms. The van der Waals surface area contributed by atoms with Crippen LogP contribution >= 0.6 is 23.2 Å². The van der Waals surface area contributed by atoms with Crippen molar-refractivity contribution in [3.8, 4) is 0 Å². The fourth-order valence-corrected chi connectivity index (χ4v) is 2.71. The summed E-state index contributed by atoms with van der Waals surface area (Å²) in [7, 11) is 0. The first-order valence-corrected chi connectivity index (χ1v) is 8.50. The van der Waals surface area contributed by atoms with E-state index in [0.717, 1.165) is 16.8 Å². The molecule has 1 amide bonds. The van der Waals surface area contributed by atoms with Gasteiger partial charge in [-0.25, -0.2) is 4.52 Å². The van der Waals surface area contributed by atoms with E-state index in [1.807, 2.05) is 0 Å². The number of amides is 1. The first-order chi connectivity index (χ1) is 13.4. The Morgan fingerprint density at radius 1 is 1.17 bits per heavy atom. The average molecular weight is 451 g/mol. The molecule has 2 heterocycles. The first-order valence-electron chi connectivity index (χ1n) is 7.75. The summed E-state index contributed by atoms with van der Waals surface area (Å²) in [5.41, 5.74) is -0.287. The van der Waals surface area contributed by atoms with Crippen LogP contribution in [0.1, 0.15) is 5.56 Å². The van der Waals surface area contributed by atoms with Crippen LogP contribution in [-0.4, -0.2) is 42.3 Å². The lowest BCUT2D eigenvalue weighted by Gasteiger charge is -2.22. The van der Waals surface area contributed by atoms with Gasteiger partial charge in [-0.15, -0.1) is 0 Å². The Hall–Kier alpha value is -2.60. The van der Waals surface area contributed by atoms with Crippen molar-refractivity contribution < 1.29 is 28.2 Å². The van der Waals surface area contributed by atoms with Crippen LogP contribution in [0.4, 0.5) is 18.9 Å². The highest BCUT2D eigenvalue weighted by atomic mass is 35.5. The maximum atomic E-state index is 12.6. The number of aliphatic hydroxyl groups is 2. The molecule has 1 aromatic carbocycles. The summed E-state index contributed by atoms with van der Waals surface area (Å²) >= 11 is 11.8. The monoisotopic (exact) mass is 450 g/mol. The summed E-state index contributed by atoms with van der Waals surface area (Å²) < 4.78 is 39.8. The van der Waals surface area contributed by atoms with E-state index in [0.29, 0.717) is 15.6 Å². The lowest BCUT2D eigenvalue weighted by atomic mass is 10.2. The summed E-state index contributed by atoms with van der Waals surface area (Å²) in [5, 5.41) is 24.2. The molecule has 0 aliphatic carbocycles. The number of hydrogen-bond acceptors (Lipinski definition) is 5. The summed E-state index contributed by atoms with van der Waals surface area (Å²) in [6, 6.07) is 5.81. The molecule has 3 rings (SSSR count). The third kappa shape index (κ3) is 4.08. The molecule has 0 aliphatic heterocycles. The van der Waals surface area contributed by atoms with Crippen LogP contribution in [0, 0.1) is 0 Å². The minimum atomic E-state index is -5.61. The number of halogens is 5. The highest BCUT2D eigenvalue weighted by Gasteiger charge is 2.59. The highest BCUT2D eigenvalue weighted by Crippen LogP contribution is 2.29. The van der Waals surface area contributed by atoms with Crippen LogP contribution < -0.4 is 10.9 Å². The van der Waals surface area contributed by atoms with Gasteiger partial charge in [0.05, 0.1) is 28.5 Å². The highest BCUT2D eigenvalue weighted by molar-refractivity contribution is 6.42. The fraction of sp³-hybridized carbons (Fsp3) is 0.188. The van der Waals surface area contributed by atoms with Gasteiger partial charge in [-0.1, -0.05) is 29.3 Å². The molecule has 0 saturated carbocycles. The quantitative estimate of drug-likeness (QED) is 0.527. The molecule has 8 nitrogen and oxygen atoms in total. The topological polar surface area (TPSA) is 109 Å². The lowest BCUT2D eigenvalue weighted by molar-refractivity contribution is -0.326. The molecular formula is C16H11Cl2F3N4O4. The number of carbonyl (C=O) groups is 1. The van der Waals surface area contributed by atoms with Crippen molar-refractivity contribution in [3.05, 3.63) is 62.8 Å². The molecule has 0 fully saturated rings. The third-order valence-corrected chi connectivity index (χ3v) is 4.64. The van der Waals surface area contributed by atoms with E-state index in [2.05, 4.69) is 5.10 Å². The summed E-state index contributed by atoms with van der Waals surface area (Å²) in [6.45, 7) is 0.0799. The van der Waals surface area contributed by atoms with Crippen LogP contribution in [0.15, 0.2) is 41.6 Å². The number of fused-ring (bicyclic) bond motifs is 1. The van der Waals surface area contributed by atoms with Crippen molar-refractivity contribution in [1.82, 2.24) is 14.2 Å². The van der Waals surface area contributed by atoms with Crippen molar-refractivity contribution >= 4 is 40.3 Å². The number of alkyl halides is 3. The molecule has 2 aromatic heterocycles. The normalized spacial score (nSPS) is 12.4. The molecule has 0 saturated heterocycles. The predicted molar refractivity (Wildman–Crippen MR) is 96.9 cm³/mol. The van der Waals surface area contributed by atoms with Gasteiger partial charge >= 0.3 is 12.0 Å². The zero-order valence-corrected chi connectivity index (χ0v) is 15.6. The molecule has 0 atom stereocenters. The number of hydrogen-bond donors (Lipinski definition) is 3. The van der Waals surface area contributed by atoms with Crippen molar-refractivity contribution in [2.24, 2.45) is 0 Å². The molecule has 13 heteroatoms. The predicted octanol–water partition coefficient (Wildman–Crippen LogP) is 2.03. The zero-order chi connectivity index (χ0) is 21.6. The van der Waals surface area contributed by atoms with Crippen molar-refractivity contribution in [3.63, 3.8) is 0 Å². The first kappa shape index (κ1) is 21.1. The summed E-state index contributed by atoms with van der Waals surface area (Å²) in [6.07, 6.45) is -3.38. The largest absolute Gasteiger partial charge is 0.453 e. The van der Waals surface area contributed by atoms with Gasteiger partial charge in [0.2, 0.25) is 0 Å². The molecule has 3 aromatic rings. The van der Waals surface area contributed by atoms with Crippen LogP contribution in [0.2, 0.25) is 10.0 Å². The molecular weight excluding hydrogens is 440 g/mol. The fourth-order valence-electron chi connectivity index (χ4n) is 2.39. The molecule has 29 heavy (non-hydrogen) atoms. The molecule has 0 spiro atoms. The van der Waals surface area contributed by atoms with E-state index in [1.165, 1.54) is 10.9 Å². The number of nitrogens with one attached hydrogen (secondary N) is 1. The second-order valence-electron chi connectivity index (χ2n) is 6.00. The zero-order valence-electron chi connectivity index (χ0n) is 14.1. The standard InChI is InChI=1S/C16H11Cl2F3N4O4/c17-10-2-1-8(3-11(10)18)5-24-7-22-25-6-9(4-12(25)13(24)26)23-14(27)15(28,29)16(19,20)21/h1-4,6-7,28-29H,5H2,(H,23,27). The third-order valence-electron chi connectivity index (χ3n) is 3.90. The second-order valence-corrected chi connectivity index (χ2v) is 6.81. The summed E-state index contributed by atoms with van der Waals surface area (Å²) in [5.74, 6) is -6.72. The van der Waals surface area contributed by atoms with E-state index in [1.54, 1.807) is 23.5 Å². The molecule has 3 N–H and O–H groups in total. The number of rotatable bonds is 4. The van der Waals surface area contributed by atoms with Gasteiger partial charge in [-0.05, 0) is 23.8 Å². The minimum absolute atomic E-state index is 0.0728. The molecule has 0 unspecified atom stereocenters. The summed E-state index contributed by atoms with van der Waals surface area (Å²) in [4.78, 5) is 24.1. The van der Waals surface area contributed by atoms with Crippen LogP contribution in [-0.2, 0) is 11.3 Å². The van der Waals surface area contributed by atoms with Gasteiger partial charge < -0.3 is 15.5 Å². The maximum absolute atomic E-state index is 12.6. The Morgan fingerprint density at radius 2 is 1.86 bits per heavy atom. The van der Waals surface area contributed by atoms with Gasteiger partial charge in [0.1, 0.15) is 11.8 Å². The van der Waals surface area contributed by atoms with Gasteiger partial charge in [0.15, 0.2) is 0 Å². The SMILES string of the molecule is O=C(Nc1cc2c(=O)n(Cc3ccc(Cl)c(Cl)c3)cnn2c1)C(O)(O)C(F)(F)F. The number of nitrogens with zero attached hydrogens (tertiary/aromatic N) is 3. The average Bonchev–Trinajstić information content (AvgIpc) is 3.03. The van der Waals surface area contributed by atoms with E-state index in [9.17, 15) is 22.8 Å². The number of benzene rings is 1. The number of carbonyl (C=O) groups excluding carboxylic acids is 1. The van der Waals surface area contributed by atoms with E-state index < -0.39 is 23.4 Å². The Balaban J connectivity index is 1.89. The van der Waals surface area contributed by atoms with Crippen molar-refractivity contribution in [1.29, 1.82) is 0 Å². The van der Waals surface area contributed by atoms with Gasteiger partial charge in [0, 0.05) is 0 Å². The van der Waals surface area contributed by atoms with Crippen molar-refractivity contribution in [2.75, 3.05) is 5.32 Å². The van der Waals surface area contributed by atoms with Crippen molar-refractivity contribution in [2.45, 2.75) is 18.5 Å². The Kier molecular flexibility index (Phi) is 5.34. The van der Waals surface area contributed by atoms with Gasteiger partial charge in [-0.2, -0.15) is 18.3 Å². The van der Waals surface area contributed by atoms with E-state index in [-0.39, 0.29) is 17.7 Å². The molecule has 0 aliphatic rings. The van der Waals surface area contributed by atoms with E-state index >= 15 is 0 Å². The Bertz CT molecular complexity index is 1160. The minimum Gasteiger partial charge on any atom is -0.351 e. The van der Waals surface area contributed by atoms with E-state index in [4.69, 9.17) is 33.4 Å². The smallest absolute Gasteiger partial charge is 0.351 e. The maximum Gasteiger partial charge on any atom is 0.453 e. The van der Waals surface area contributed by atoms with Crippen LogP contribution in [0.3, 0.4) is 0 Å². The number of anilines is 1. The van der Waals surface area contributed by atoms with Gasteiger partial charge in [0.25, 0.3) is 11.5 Å². The van der Waals surface area contributed by atoms with Gasteiger partial charge in [-0.3, -0.25) is 14.2 Å². The van der Waals surface area contributed by atoms with Crippen LogP contribution in [0.25, 0.3) is 5.52 Å². The molecule has 154 valence electrons. The lowest BCUT2D eigenvalue weighted by Crippen LogP contribution is -2.54. The Morgan fingerprint density at radius 3 is 2.48 bits per heavy atom. The second kappa shape index (κ2) is 7.34.